The molecule has 0 unspecified atom stereocenters. The molecule has 11 aromatic rings. The standard InChI is InChI=1S/C58H40N2/c1-3-17-41(18-4-1)43-33-35-47(36-34-43)59(56-31-13-10-27-52(56)51-29-16-22-44-21-7-8-25-49(44)51)48-37-38-54-53-28-11-14-32-57(53)60(58(54)40-48)55-30-12-9-26-50(55)46-24-15-23-45(39-46)42-19-5-2-6-20-42/h1-40H. The lowest BCUT2D eigenvalue weighted by Gasteiger charge is -2.28. The van der Waals surface area contributed by atoms with Gasteiger partial charge in [-0.3, -0.25) is 0 Å². The summed E-state index contributed by atoms with van der Waals surface area (Å²) in [6, 6.07) is 87.9. The second kappa shape index (κ2) is 15.1. The van der Waals surface area contributed by atoms with Crippen LogP contribution in [0.2, 0.25) is 0 Å². The zero-order valence-electron chi connectivity index (χ0n) is 33.0. The summed E-state index contributed by atoms with van der Waals surface area (Å²) in [7, 11) is 0. The van der Waals surface area contributed by atoms with Crippen molar-refractivity contribution in [2.45, 2.75) is 0 Å². The molecule has 0 amide bonds. The van der Waals surface area contributed by atoms with Crippen molar-refractivity contribution in [1.82, 2.24) is 4.57 Å². The monoisotopic (exact) mass is 764 g/mol. The van der Waals surface area contributed by atoms with E-state index in [0.717, 1.165) is 28.3 Å². The van der Waals surface area contributed by atoms with Crippen LogP contribution in [0, 0.1) is 0 Å². The van der Waals surface area contributed by atoms with E-state index in [9.17, 15) is 0 Å². The molecule has 10 aromatic carbocycles. The fourth-order valence-corrected chi connectivity index (χ4v) is 8.98. The van der Waals surface area contributed by atoms with Crippen molar-refractivity contribution in [3.63, 3.8) is 0 Å². The SMILES string of the molecule is c1ccc(-c2ccc(N(c3ccc4c5ccccc5n(-c5ccccc5-c5cccc(-c6ccccc6)c5)c4c3)c3ccccc3-c3cccc4ccccc34)cc2)cc1. The van der Waals surface area contributed by atoms with Crippen LogP contribution in [0.5, 0.6) is 0 Å². The molecule has 0 radical (unpaired) electrons. The molecule has 0 spiro atoms. The molecule has 0 atom stereocenters. The number of anilines is 3. The molecule has 0 aliphatic carbocycles. The van der Waals surface area contributed by atoms with Gasteiger partial charge in [0, 0.05) is 33.3 Å². The number of nitrogens with zero attached hydrogens (tertiary/aromatic N) is 2. The van der Waals surface area contributed by atoms with E-state index in [-0.39, 0.29) is 0 Å². The van der Waals surface area contributed by atoms with Gasteiger partial charge in [0.25, 0.3) is 0 Å². The van der Waals surface area contributed by atoms with Crippen molar-refractivity contribution in [2.75, 3.05) is 4.90 Å². The Labute approximate surface area is 350 Å². The Hall–Kier alpha value is -7.94. The molecule has 2 heteroatoms. The van der Waals surface area contributed by atoms with Gasteiger partial charge in [-0.05, 0) is 92.7 Å². The molecule has 1 aromatic heterocycles. The van der Waals surface area contributed by atoms with Gasteiger partial charge in [-0.15, -0.1) is 0 Å². The maximum absolute atomic E-state index is 2.46. The normalized spacial score (nSPS) is 11.3. The molecule has 0 fully saturated rings. The zero-order valence-corrected chi connectivity index (χ0v) is 33.0. The predicted octanol–water partition coefficient (Wildman–Crippen LogP) is 16.1. The van der Waals surface area contributed by atoms with Crippen molar-refractivity contribution < 1.29 is 0 Å². The average molecular weight is 765 g/mol. The van der Waals surface area contributed by atoms with Crippen LogP contribution in [0.4, 0.5) is 17.1 Å². The van der Waals surface area contributed by atoms with Crippen LogP contribution in [0.25, 0.3) is 82.8 Å². The predicted molar refractivity (Wildman–Crippen MR) is 255 cm³/mol. The van der Waals surface area contributed by atoms with Crippen molar-refractivity contribution in [3.8, 4) is 50.2 Å². The number of hydrogen-bond donors (Lipinski definition) is 0. The van der Waals surface area contributed by atoms with Gasteiger partial charge in [0.15, 0.2) is 0 Å². The van der Waals surface area contributed by atoms with Crippen molar-refractivity contribution in [3.05, 3.63) is 243 Å². The third-order valence-corrected chi connectivity index (χ3v) is 11.8. The molecule has 0 N–H and O–H groups in total. The number of hydrogen-bond acceptors (Lipinski definition) is 1. The minimum atomic E-state index is 1.08. The van der Waals surface area contributed by atoms with E-state index >= 15 is 0 Å². The summed E-state index contributed by atoms with van der Waals surface area (Å²) in [5.41, 5.74) is 16.3. The first-order valence-electron chi connectivity index (χ1n) is 20.6. The maximum Gasteiger partial charge on any atom is 0.0562 e. The summed E-state index contributed by atoms with van der Waals surface area (Å²) < 4.78 is 2.46. The fraction of sp³-hybridized carbons (Fsp3) is 0. The zero-order chi connectivity index (χ0) is 39.8. The van der Waals surface area contributed by atoms with Crippen molar-refractivity contribution >= 4 is 49.6 Å². The number of benzene rings is 10. The van der Waals surface area contributed by atoms with E-state index in [1.165, 1.54) is 71.6 Å². The first kappa shape index (κ1) is 35.2. The highest BCUT2D eigenvalue weighted by Gasteiger charge is 2.22. The van der Waals surface area contributed by atoms with Crippen LogP contribution in [0.15, 0.2) is 243 Å². The van der Waals surface area contributed by atoms with E-state index in [2.05, 4.69) is 252 Å². The Morgan fingerprint density at radius 1 is 0.283 bits per heavy atom. The second-order valence-corrected chi connectivity index (χ2v) is 15.3. The van der Waals surface area contributed by atoms with Crippen LogP contribution in [-0.2, 0) is 0 Å². The van der Waals surface area contributed by atoms with Gasteiger partial charge in [0.1, 0.15) is 0 Å². The highest BCUT2D eigenvalue weighted by atomic mass is 15.1. The first-order chi connectivity index (χ1) is 29.8. The lowest BCUT2D eigenvalue weighted by molar-refractivity contribution is 1.18. The van der Waals surface area contributed by atoms with Crippen LogP contribution in [-0.4, -0.2) is 4.57 Å². The maximum atomic E-state index is 2.46. The summed E-state index contributed by atoms with van der Waals surface area (Å²) in [5, 5.41) is 4.89. The summed E-state index contributed by atoms with van der Waals surface area (Å²) in [6.45, 7) is 0. The quantitative estimate of drug-likeness (QED) is 0.150. The van der Waals surface area contributed by atoms with E-state index < -0.39 is 0 Å². The number of aromatic nitrogens is 1. The number of fused-ring (bicyclic) bond motifs is 4. The van der Waals surface area contributed by atoms with Crippen LogP contribution in [0.1, 0.15) is 0 Å². The van der Waals surface area contributed by atoms with Crippen LogP contribution < -0.4 is 4.90 Å². The third-order valence-electron chi connectivity index (χ3n) is 11.8. The topological polar surface area (TPSA) is 8.17 Å². The molecule has 1 heterocycles. The Bertz CT molecular complexity index is 3300. The molecule has 60 heavy (non-hydrogen) atoms. The van der Waals surface area contributed by atoms with Crippen LogP contribution >= 0.6 is 0 Å². The molecule has 0 aliphatic heterocycles. The lowest BCUT2D eigenvalue weighted by Crippen LogP contribution is -2.11. The van der Waals surface area contributed by atoms with Gasteiger partial charge in [-0.1, -0.05) is 194 Å². The Morgan fingerprint density at radius 3 is 1.63 bits per heavy atom. The molecule has 0 saturated heterocycles. The van der Waals surface area contributed by atoms with Gasteiger partial charge >= 0.3 is 0 Å². The van der Waals surface area contributed by atoms with Crippen molar-refractivity contribution in [2.24, 2.45) is 0 Å². The summed E-state index contributed by atoms with van der Waals surface area (Å²) in [6.07, 6.45) is 0. The van der Waals surface area contributed by atoms with E-state index in [4.69, 9.17) is 0 Å². The molecule has 11 rings (SSSR count). The molecular formula is C58H40N2. The lowest BCUT2D eigenvalue weighted by atomic mass is 9.96. The fourth-order valence-electron chi connectivity index (χ4n) is 8.98. The smallest absolute Gasteiger partial charge is 0.0562 e. The van der Waals surface area contributed by atoms with Crippen LogP contribution in [0.3, 0.4) is 0 Å². The molecular weight excluding hydrogens is 725 g/mol. The van der Waals surface area contributed by atoms with E-state index in [0.29, 0.717) is 0 Å². The third kappa shape index (κ3) is 6.23. The van der Waals surface area contributed by atoms with Gasteiger partial charge in [0.2, 0.25) is 0 Å². The minimum absolute atomic E-state index is 1.08. The molecule has 2 nitrogen and oxygen atoms in total. The van der Waals surface area contributed by atoms with Crippen molar-refractivity contribution in [1.29, 1.82) is 0 Å². The molecule has 0 saturated carbocycles. The Morgan fingerprint density at radius 2 is 0.817 bits per heavy atom. The highest BCUT2D eigenvalue weighted by Crippen LogP contribution is 2.45. The van der Waals surface area contributed by atoms with Gasteiger partial charge in [-0.2, -0.15) is 0 Å². The van der Waals surface area contributed by atoms with Gasteiger partial charge in [-0.25, -0.2) is 0 Å². The average Bonchev–Trinajstić information content (AvgIpc) is 3.66. The largest absolute Gasteiger partial charge is 0.310 e. The molecule has 0 bridgehead atoms. The van der Waals surface area contributed by atoms with E-state index in [1.54, 1.807) is 0 Å². The summed E-state index contributed by atoms with van der Waals surface area (Å²) >= 11 is 0. The minimum Gasteiger partial charge on any atom is -0.310 e. The van der Waals surface area contributed by atoms with E-state index in [1.807, 2.05) is 0 Å². The molecule has 282 valence electrons. The molecule has 0 aliphatic rings. The summed E-state index contributed by atoms with van der Waals surface area (Å²) in [4.78, 5) is 2.43. The summed E-state index contributed by atoms with van der Waals surface area (Å²) in [5.74, 6) is 0. The first-order valence-corrected chi connectivity index (χ1v) is 20.6. The Balaban J connectivity index is 1.14. The number of para-hydroxylation sites is 3. The second-order valence-electron chi connectivity index (χ2n) is 15.3. The van der Waals surface area contributed by atoms with Gasteiger partial charge < -0.3 is 9.47 Å². The Kier molecular flexibility index (Phi) is 8.87. The number of rotatable bonds is 8. The highest BCUT2D eigenvalue weighted by molar-refractivity contribution is 6.11. The van der Waals surface area contributed by atoms with Gasteiger partial charge in [0.05, 0.1) is 22.4 Å².